The fraction of sp³-hybridized carbons (Fsp3) is 0.200. The van der Waals surface area contributed by atoms with Crippen LogP contribution in [0.3, 0.4) is 0 Å². The molecule has 0 radical (unpaired) electrons. The van der Waals surface area contributed by atoms with Gasteiger partial charge in [0, 0.05) is 6.92 Å². The Hall–Kier alpha value is -1.89. The lowest BCUT2D eigenvalue weighted by atomic mass is 10.2. The van der Waals surface area contributed by atoms with Crippen LogP contribution in [-0.4, -0.2) is 19.6 Å². The molecule has 0 saturated carbocycles. The number of rotatable bonds is 2. The zero-order valence-electron chi connectivity index (χ0n) is 9.04. The van der Waals surface area contributed by atoms with Crippen molar-refractivity contribution in [2.45, 2.75) is 13.5 Å². The summed E-state index contributed by atoms with van der Waals surface area (Å²) in [5, 5.41) is -1.48. The standard InChI is InChI=1S/C10H11NO5S/c1-8(12)11-17(14,15)10(13)16-7-9-5-3-2-4-6-9/h2-6H,7H2,1H3,(H,11,12). The number of nitrogens with one attached hydrogen (secondary N) is 1. The molecular formula is C10H11NO5S. The minimum absolute atomic E-state index is 0.168. The van der Waals surface area contributed by atoms with Crippen LogP contribution in [0, 0.1) is 0 Å². The quantitative estimate of drug-likeness (QED) is 0.791. The van der Waals surface area contributed by atoms with Crippen LogP contribution in [0.25, 0.3) is 0 Å². The van der Waals surface area contributed by atoms with Crippen LogP contribution >= 0.6 is 0 Å². The Morgan fingerprint density at radius 2 is 1.82 bits per heavy atom. The molecule has 17 heavy (non-hydrogen) atoms. The predicted octanol–water partition coefficient (Wildman–Crippen LogP) is 0.789. The van der Waals surface area contributed by atoms with Gasteiger partial charge in [-0.05, 0) is 5.56 Å². The number of amides is 1. The Bertz CT molecular complexity index is 509. The number of carbonyl (C=O) groups is 2. The molecule has 0 heterocycles. The Labute approximate surface area is 98.6 Å². The van der Waals surface area contributed by atoms with E-state index in [4.69, 9.17) is 0 Å². The van der Waals surface area contributed by atoms with Gasteiger partial charge < -0.3 is 4.74 Å². The fourth-order valence-electron chi connectivity index (χ4n) is 1.02. The number of sulfonamides is 1. The van der Waals surface area contributed by atoms with Crippen molar-refractivity contribution in [3.63, 3.8) is 0 Å². The second kappa shape index (κ2) is 5.44. The van der Waals surface area contributed by atoms with Crippen LogP contribution < -0.4 is 4.72 Å². The van der Waals surface area contributed by atoms with Gasteiger partial charge in [0.1, 0.15) is 6.61 Å². The van der Waals surface area contributed by atoms with E-state index in [1.807, 2.05) is 0 Å². The molecule has 0 spiro atoms. The van der Waals surface area contributed by atoms with E-state index in [1.54, 1.807) is 30.3 Å². The molecule has 6 nitrogen and oxygen atoms in total. The maximum absolute atomic E-state index is 11.2. The second-order valence-electron chi connectivity index (χ2n) is 3.19. The summed E-state index contributed by atoms with van der Waals surface area (Å²) >= 11 is 0. The highest BCUT2D eigenvalue weighted by molar-refractivity contribution is 8.04. The average Bonchev–Trinajstić information content (AvgIpc) is 2.25. The van der Waals surface area contributed by atoms with E-state index in [9.17, 15) is 18.0 Å². The maximum atomic E-state index is 11.2. The fourth-order valence-corrected chi connectivity index (χ4v) is 1.70. The molecule has 0 aliphatic carbocycles. The first-order valence-corrected chi connectivity index (χ1v) is 6.14. The molecule has 0 aliphatic heterocycles. The Kier molecular flexibility index (Phi) is 4.22. The zero-order chi connectivity index (χ0) is 12.9. The molecule has 0 aromatic heterocycles. The Balaban J connectivity index is 2.59. The first-order valence-electron chi connectivity index (χ1n) is 4.66. The van der Waals surface area contributed by atoms with E-state index in [2.05, 4.69) is 4.74 Å². The van der Waals surface area contributed by atoms with Gasteiger partial charge in [0.15, 0.2) is 0 Å². The molecule has 1 N–H and O–H groups in total. The highest BCUT2D eigenvalue weighted by atomic mass is 32.2. The Morgan fingerprint density at radius 3 is 2.35 bits per heavy atom. The first-order chi connectivity index (χ1) is 7.92. The Morgan fingerprint density at radius 1 is 1.24 bits per heavy atom. The number of ether oxygens (including phenoxy) is 1. The van der Waals surface area contributed by atoms with Crippen LogP contribution in [0.15, 0.2) is 30.3 Å². The zero-order valence-corrected chi connectivity index (χ0v) is 9.86. The number of carbonyl (C=O) groups excluding carboxylic acids is 2. The van der Waals surface area contributed by atoms with Crippen molar-refractivity contribution in [2.24, 2.45) is 0 Å². The lowest BCUT2D eigenvalue weighted by Gasteiger charge is -2.05. The lowest BCUT2D eigenvalue weighted by molar-refractivity contribution is -0.117. The molecule has 0 bridgehead atoms. The molecular weight excluding hydrogens is 246 g/mol. The summed E-state index contributed by atoms with van der Waals surface area (Å²) in [6.45, 7) is 0.820. The van der Waals surface area contributed by atoms with Gasteiger partial charge in [-0.3, -0.25) is 4.79 Å². The van der Waals surface area contributed by atoms with Gasteiger partial charge in [-0.2, -0.15) is 8.42 Å². The van der Waals surface area contributed by atoms with Crippen molar-refractivity contribution in [1.29, 1.82) is 0 Å². The number of benzene rings is 1. The molecule has 0 aliphatic rings. The third-order valence-corrected chi connectivity index (χ3v) is 2.81. The molecule has 1 rings (SSSR count). The molecule has 1 aromatic carbocycles. The van der Waals surface area contributed by atoms with Crippen LogP contribution in [-0.2, 0) is 26.2 Å². The SMILES string of the molecule is CC(=O)NS(=O)(=O)C(=O)OCc1ccccc1. The number of hydrogen-bond donors (Lipinski definition) is 1. The van der Waals surface area contributed by atoms with E-state index >= 15 is 0 Å². The molecule has 92 valence electrons. The highest BCUT2D eigenvalue weighted by Crippen LogP contribution is 2.03. The van der Waals surface area contributed by atoms with Crippen molar-refractivity contribution in [1.82, 2.24) is 4.72 Å². The minimum Gasteiger partial charge on any atom is -0.448 e. The lowest BCUT2D eigenvalue weighted by Crippen LogP contribution is -2.34. The predicted molar refractivity (Wildman–Crippen MR) is 59.4 cm³/mol. The molecule has 0 atom stereocenters. The van der Waals surface area contributed by atoms with E-state index in [0.29, 0.717) is 5.56 Å². The van der Waals surface area contributed by atoms with Gasteiger partial charge in [-0.15, -0.1) is 0 Å². The van der Waals surface area contributed by atoms with Gasteiger partial charge in [-0.25, -0.2) is 9.52 Å². The largest absolute Gasteiger partial charge is 0.448 e. The van der Waals surface area contributed by atoms with Crippen LogP contribution in [0.1, 0.15) is 12.5 Å². The molecule has 0 fully saturated rings. The highest BCUT2D eigenvalue weighted by Gasteiger charge is 2.24. The smallest absolute Gasteiger partial charge is 0.445 e. The molecule has 1 amide bonds. The second-order valence-corrected chi connectivity index (χ2v) is 4.73. The van der Waals surface area contributed by atoms with Gasteiger partial charge >= 0.3 is 15.3 Å². The monoisotopic (exact) mass is 257 g/mol. The summed E-state index contributed by atoms with van der Waals surface area (Å²) in [7, 11) is -4.39. The van der Waals surface area contributed by atoms with E-state index < -0.39 is 21.2 Å². The van der Waals surface area contributed by atoms with Crippen molar-refractivity contribution in [3.05, 3.63) is 35.9 Å². The summed E-state index contributed by atoms with van der Waals surface area (Å²) in [5.41, 5.74) is 0.652. The van der Waals surface area contributed by atoms with Crippen molar-refractivity contribution in [3.8, 4) is 0 Å². The molecule has 0 saturated heterocycles. The molecule has 0 unspecified atom stereocenters. The van der Waals surface area contributed by atoms with Gasteiger partial charge in [0.25, 0.3) is 0 Å². The van der Waals surface area contributed by atoms with Crippen LogP contribution in [0.4, 0.5) is 4.79 Å². The van der Waals surface area contributed by atoms with Gasteiger partial charge in [-0.1, -0.05) is 30.3 Å². The van der Waals surface area contributed by atoms with Crippen LogP contribution in [0.5, 0.6) is 0 Å². The topological polar surface area (TPSA) is 89.5 Å². The molecule has 1 aromatic rings. The van der Waals surface area contributed by atoms with E-state index in [1.165, 1.54) is 4.72 Å². The summed E-state index contributed by atoms with van der Waals surface area (Å²) in [5.74, 6) is -0.846. The van der Waals surface area contributed by atoms with Crippen LogP contribution in [0.2, 0.25) is 0 Å². The first kappa shape index (κ1) is 13.2. The van der Waals surface area contributed by atoms with Crippen molar-refractivity contribution >= 4 is 21.2 Å². The van der Waals surface area contributed by atoms with E-state index in [0.717, 1.165) is 6.92 Å². The van der Waals surface area contributed by atoms with Crippen molar-refractivity contribution < 1.29 is 22.7 Å². The summed E-state index contributed by atoms with van der Waals surface area (Å²) in [6.07, 6.45) is 0. The van der Waals surface area contributed by atoms with Crippen molar-refractivity contribution in [2.75, 3.05) is 0 Å². The maximum Gasteiger partial charge on any atom is 0.445 e. The summed E-state index contributed by atoms with van der Waals surface area (Å²) in [4.78, 5) is 21.7. The average molecular weight is 257 g/mol. The normalized spacial score (nSPS) is 10.6. The molecule has 7 heteroatoms. The van der Waals surface area contributed by atoms with Gasteiger partial charge in [0.2, 0.25) is 5.91 Å². The minimum atomic E-state index is -4.39. The third kappa shape index (κ3) is 4.23. The summed E-state index contributed by atoms with van der Waals surface area (Å²) < 4.78 is 28.4. The third-order valence-electron chi connectivity index (χ3n) is 1.70. The van der Waals surface area contributed by atoms with E-state index in [-0.39, 0.29) is 6.61 Å². The number of hydrogen-bond acceptors (Lipinski definition) is 5. The van der Waals surface area contributed by atoms with Gasteiger partial charge in [0.05, 0.1) is 0 Å². The summed E-state index contributed by atoms with van der Waals surface area (Å²) in [6, 6.07) is 8.59.